The van der Waals surface area contributed by atoms with Gasteiger partial charge < -0.3 is 15.5 Å². The minimum atomic E-state index is -0.445. The summed E-state index contributed by atoms with van der Waals surface area (Å²) in [6.07, 6.45) is 5.61. The lowest BCUT2D eigenvalue weighted by atomic mass is 10.1. The van der Waals surface area contributed by atoms with E-state index in [1.54, 1.807) is 48.4 Å². The van der Waals surface area contributed by atoms with E-state index in [0.29, 0.717) is 29.1 Å². The molecule has 0 bridgehead atoms. The van der Waals surface area contributed by atoms with Crippen molar-refractivity contribution in [2.45, 2.75) is 13.0 Å². The molecule has 0 saturated carbocycles. The molecule has 180 valence electrons. The number of carbonyl (C=O) groups excluding carboxylic acids is 2. The van der Waals surface area contributed by atoms with Gasteiger partial charge >= 0.3 is 0 Å². The van der Waals surface area contributed by atoms with Crippen LogP contribution in [0.25, 0.3) is 0 Å². The third-order valence-electron chi connectivity index (χ3n) is 5.27. The van der Waals surface area contributed by atoms with Gasteiger partial charge in [-0.2, -0.15) is 0 Å². The Morgan fingerprint density at radius 1 is 1.03 bits per heavy atom. The predicted octanol–water partition coefficient (Wildman–Crippen LogP) is 2.99. The fourth-order valence-electron chi connectivity index (χ4n) is 3.64. The highest BCUT2D eigenvalue weighted by atomic mass is 32.2. The van der Waals surface area contributed by atoms with Crippen molar-refractivity contribution in [2.24, 2.45) is 10.9 Å². The number of hydrogen-bond acceptors (Lipinski definition) is 8. The number of halogens is 1. The van der Waals surface area contributed by atoms with Crippen LogP contribution >= 0.6 is 11.8 Å². The van der Waals surface area contributed by atoms with Gasteiger partial charge in [0.2, 0.25) is 11.9 Å². The Labute approximate surface area is 206 Å². The number of benzene rings is 1. The van der Waals surface area contributed by atoms with Crippen LogP contribution in [0, 0.1) is 11.7 Å². The van der Waals surface area contributed by atoms with Crippen molar-refractivity contribution in [3.63, 3.8) is 0 Å². The molecule has 1 unspecified atom stereocenters. The van der Waals surface area contributed by atoms with Crippen molar-refractivity contribution >= 4 is 40.4 Å². The highest BCUT2D eigenvalue weighted by Crippen LogP contribution is 2.30. The largest absolute Gasteiger partial charge is 0.338 e. The van der Waals surface area contributed by atoms with E-state index in [1.165, 1.54) is 19.3 Å². The summed E-state index contributed by atoms with van der Waals surface area (Å²) >= 11 is 1.55. The maximum atomic E-state index is 13.0. The molecular formula is C24H24FN7O2S. The number of fused-ring (bicyclic) bond motifs is 1. The standard InChI is InChI=1S/C17H16FN5OS.C7H8N2O/c18-13-6-19-16(20-7-13)23-8-12-10-25-17(21-14(12)9-23)22-15(24)11-4-2-1-3-5-11;1-6(10)9-7-2-4-8-5-3-7/h1-7,12,14H,8-10H2,(H,21,22,24);2-5H,1H3,(H,8,9,10)/t12-,14?;/m0./s1. The Hall–Kier alpha value is -3.86. The van der Waals surface area contributed by atoms with E-state index in [1.807, 2.05) is 23.1 Å². The third kappa shape index (κ3) is 6.82. The minimum absolute atomic E-state index is 0.0637. The first-order chi connectivity index (χ1) is 17.0. The van der Waals surface area contributed by atoms with Crippen LogP contribution < -0.4 is 15.5 Å². The highest BCUT2D eigenvalue weighted by Gasteiger charge is 2.37. The minimum Gasteiger partial charge on any atom is -0.338 e. The van der Waals surface area contributed by atoms with Crippen molar-refractivity contribution in [3.05, 3.63) is 78.6 Å². The fraction of sp³-hybridized carbons (Fsp3) is 0.250. The molecule has 1 saturated heterocycles. The second-order valence-electron chi connectivity index (χ2n) is 7.92. The molecule has 2 amide bonds. The first-order valence-corrected chi connectivity index (χ1v) is 11.9. The number of amidine groups is 1. The monoisotopic (exact) mass is 493 g/mol. The summed E-state index contributed by atoms with van der Waals surface area (Å²) in [5, 5.41) is 6.16. The van der Waals surface area contributed by atoms with Gasteiger partial charge in [0.1, 0.15) is 0 Å². The molecule has 0 radical (unpaired) electrons. The number of amides is 2. The average Bonchev–Trinajstić information content (AvgIpc) is 3.29. The Balaban J connectivity index is 0.000000243. The molecule has 2 aliphatic rings. The Bertz CT molecular complexity index is 1180. The number of nitrogens with one attached hydrogen (secondary N) is 2. The Morgan fingerprint density at radius 3 is 2.43 bits per heavy atom. The smallest absolute Gasteiger partial charge is 0.257 e. The number of thioether (sulfide) groups is 1. The zero-order valence-corrected chi connectivity index (χ0v) is 19.8. The molecule has 0 spiro atoms. The molecular weight excluding hydrogens is 469 g/mol. The molecule has 0 aliphatic carbocycles. The van der Waals surface area contributed by atoms with Crippen LogP contribution in [0.3, 0.4) is 0 Å². The second kappa shape index (κ2) is 11.5. The number of nitrogens with zero attached hydrogens (tertiary/aromatic N) is 5. The van der Waals surface area contributed by atoms with Gasteiger partial charge in [-0.05, 0) is 24.3 Å². The van der Waals surface area contributed by atoms with Crippen molar-refractivity contribution in [1.29, 1.82) is 0 Å². The lowest BCUT2D eigenvalue weighted by molar-refractivity contribution is -0.114. The van der Waals surface area contributed by atoms with Gasteiger partial charge in [0.05, 0.1) is 18.4 Å². The van der Waals surface area contributed by atoms with Crippen LogP contribution in [0.15, 0.2) is 72.2 Å². The van der Waals surface area contributed by atoms with E-state index >= 15 is 0 Å². The summed E-state index contributed by atoms with van der Waals surface area (Å²) in [6, 6.07) is 12.6. The topological polar surface area (TPSA) is 112 Å². The van der Waals surface area contributed by atoms with Crippen molar-refractivity contribution in [3.8, 4) is 0 Å². The van der Waals surface area contributed by atoms with Gasteiger partial charge in [-0.15, -0.1) is 0 Å². The van der Waals surface area contributed by atoms with Crippen LogP contribution in [0.5, 0.6) is 0 Å². The zero-order valence-electron chi connectivity index (χ0n) is 19.0. The van der Waals surface area contributed by atoms with Crippen LogP contribution in [0.1, 0.15) is 17.3 Å². The lowest BCUT2D eigenvalue weighted by Gasteiger charge is -2.21. The third-order valence-corrected chi connectivity index (χ3v) is 6.35. The van der Waals surface area contributed by atoms with Crippen LogP contribution in [-0.2, 0) is 4.79 Å². The fourth-order valence-corrected chi connectivity index (χ4v) is 4.71. The number of hydrogen-bond donors (Lipinski definition) is 2. The van der Waals surface area contributed by atoms with Crippen LogP contribution in [0.2, 0.25) is 0 Å². The lowest BCUT2D eigenvalue weighted by Crippen LogP contribution is -2.35. The molecule has 5 rings (SSSR count). The van der Waals surface area contributed by atoms with Gasteiger partial charge in [0.25, 0.3) is 5.91 Å². The molecule has 9 nitrogen and oxygen atoms in total. The first-order valence-electron chi connectivity index (χ1n) is 10.9. The van der Waals surface area contributed by atoms with E-state index in [-0.39, 0.29) is 17.9 Å². The van der Waals surface area contributed by atoms with Gasteiger partial charge in [-0.1, -0.05) is 30.0 Å². The summed E-state index contributed by atoms with van der Waals surface area (Å²) < 4.78 is 13.0. The van der Waals surface area contributed by atoms with E-state index in [2.05, 4.69) is 30.6 Å². The quantitative estimate of drug-likeness (QED) is 0.577. The zero-order chi connectivity index (χ0) is 24.6. The summed E-state index contributed by atoms with van der Waals surface area (Å²) in [7, 11) is 0. The number of aliphatic imine (C=N–C) groups is 1. The van der Waals surface area contributed by atoms with Crippen molar-refractivity contribution < 1.29 is 14.0 Å². The molecule has 2 aromatic heterocycles. The van der Waals surface area contributed by atoms with Gasteiger partial charge in [0.15, 0.2) is 11.0 Å². The van der Waals surface area contributed by atoms with Gasteiger partial charge in [0, 0.05) is 55.3 Å². The van der Waals surface area contributed by atoms with Gasteiger partial charge in [-0.25, -0.2) is 14.4 Å². The van der Waals surface area contributed by atoms with Gasteiger partial charge in [-0.3, -0.25) is 19.6 Å². The molecule has 2 N–H and O–H groups in total. The predicted molar refractivity (Wildman–Crippen MR) is 134 cm³/mol. The number of aromatic nitrogens is 3. The SMILES string of the molecule is CC(=O)Nc1ccncc1.O=C(NC1=NC2CN(c3ncc(F)cn3)C[C@H]2CS1)c1ccccc1. The number of rotatable bonds is 3. The van der Waals surface area contributed by atoms with E-state index in [4.69, 9.17) is 0 Å². The first kappa shape index (κ1) is 24.3. The second-order valence-corrected chi connectivity index (χ2v) is 8.92. The molecule has 2 atom stereocenters. The summed E-state index contributed by atoms with van der Waals surface area (Å²) in [4.78, 5) is 41.3. The maximum Gasteiger partial charge on any atom is 0.257 e. The normalized spacial score (nSPS) is 18.5. The number of anilines is 2. The Morgan fingerprint density at radius 2 is 1.74 bits per heavy atom. The molecule has 4 heterocycles. The maximum absolute atomic E-state index is 13.0. The number of pyridine rings is 1. The van der Waals surface area contributed by atoms with Crippen molar-refractivity contribution in [2.75, 3.05) is 29.1 Å². The van der Waals surface area contributed by atoms with E-state index in [0.717, 1.165) is 18.0 Å². The molecule has 11 heteroatoms. The number of carbonyl (C=O) groups is 2. The molecule has 1 aromatic carbocycles. The van der Waals surface area contributed by atoms with Crippen molar-refractivity contribution in [1.82, 2.24) is 20.3 Å². The summed E-state index contributed by atoms with van der Waals surface area (Å²) in [6.45, 7) is 2.93. The van der Waals surface area contributed by atoms with E-state index in [9.17, 15) is 14.0 Å². The molecule has 1 fully saturated rings. The molecule has 3 aromatic rings. The summed E-state index contributed by atoms with van der Waals surface area (Å²) in [5.41, 5.74) is 1.39. The molecule has 2 aliphatic heterocycles. The van der Waals surface area contributed by atoms with Crippen LogP contribution in [0.4, 0.5) is 16.0 Å². The summed E-state index contributed by atoms with van der Waals surface area (Å²) in [5.74, 6) is 1.10. The van der Waals surface area contributed by atoms with E-state index < -0.39 is 5.82 Å². The molecule has 35 heavy (non-hydrogen) atoms. The average molecular weight is 494 g/mol. The van der Waals surface area contributed by atoms with Crippen LogP contribution in [-0.4, -0.2) is 56.8 Å². The highest BCUT2D eigenvalue weighted by molar-refractivity contribution is 8.13. The Kier molecular flexibility index (Phi) is 7.99.